The van der Waals surface area contributed by atoms with Crippen LogP contribution >= 0.6 is 7.82 Å². The Kier molecular flexibility index (Phi) is 48.1. The van der Waals surface area contributed by atoms with Crippen molar-refractivity contribution in [3.05, 3.63) is 36.5 Å². The second kappa shape index (κ2) is 49.1. The summed E-state index contributed by atoms with van der Waals surface area (Å²) in [5, 5.41) is 18.4. The topological polar surface area (TPSA) is 132 Å². The van der Waals surface area contributed by atoms with Crippen molar-refractivity contribution in [2.24, 2.45) is 0 Å². The van der Waals surface area contributed by atoms with Gasteiger partial charge in [-0.25, -0.2) is 4.57 Å². The number of rotatable bonds is 50. The van der Waals surface area contributed by atoms with E-state index in [1.165, 1.54) is 180 Å². The van der Waals surface area contributed by atoms with Crippen molar-refractivity contribution < 1.29 is 43.0 Å². The first-order chi connectivity index (χ1) is 30.3. The summed E-state index contributed by atoms with van der Waals surface area (Å²) in [6, 6.07) is 0. The van der Waals surface area contributed by atoms with Crippen LogP contribution in [0.2, 0.25) is 0 Å². The van der Waals surface area contributed by atoms with E-state index in [2.05, 4.69) is 50.3 Å². The highest BCUT2D eigenvalue weighted by atomic mass is 31.2. The highest BCUT2D eigenvalue weighted by molar-refractivity contribution is 7.47. The lowest BCUT2D eigenvalue weighted by molar-refractivity contribution is -0.154. The molecule has 0 fully saturated rings. The lowest BCUT2D eigenvalue weighted by atomic mass is 10.1. The molecule has 0 spiro atoms. The van der Waals surface area contributed by atoms with Gasteiger partial charge in [0.1, 0.15) is 12.2 Å². The molecule has 0 saturated carbocycles. The number of esters is 1. The van der Waals surface area contributed by atoms with Gasteiger partial charge >= 0.3 is 13.8 Å². The van der Waals surface area contributed by atoms with Crippen molar-refractivity contribution in [1.29, 1.82) is 0 Å². The highest BCUT2D eigenvalue weighted by Crippen LogP contribution is 2.43. The van der Waals surface area contributed by atoms with E-state index in [-0.39, 0.29) is 25.6 Å². The number of hydrogen-bond acceptors (Lipinski definition) is 8. The molecule has 0 aromatic carbocycles. The number of unbranched alkanes of at least 4 members (excludes halogenated alkanes) is 30. The minimum Gasteiger partial charge on any atom is -0.457 e. The molecule has 3 unspecified atom stereocenters. The molecule has 3 N–H and O–H groups in total. The molecule has 0 heterocycles. The summed E-state index contributed by atoms with van der Waals surface area (Å²) in [6.45, 7) is 3.54. The fraction of sp³-hybridized carbons (Fsp3) is 0.865. The normalized spacial score (nSPS) is 14.1. The quantitative estimate of drug-likeness (QED) is 0.0236. The van der Waals surface area contributed by atoms with E-state index in [0.29, 0.717) is 6.61 Å². The predicted molar refractivity (Wildman–Crippen MR) is 261 cm³/mol. The largest absolute Gasteiger partial charge is 0.472 e. The van der Waals surface area contributed by atoms with Gasteiger partial charge in [-0.1, -0.05) is 204 Å². The minimum atomic E-state index is -4.52. The average Bonchev–Trinajstić information content (AvgIpc) is 3.26. The van der Waals surface area contributed by atoms with Crippen LogP contribution in [-0.4, -0.2) is 66.3 Å². The Morgan fingerprint density at radius 3 is 1.31 bits per heavy atom. The Hall–Kier alpha value is -1.32. The van der Waals surface area contributed by atoms with Gasteiger partial charge in [-0.15, -0.1) is 0 Å². The van der Waals surface area contributed by atoms with E-state index in [1.54, 1.807) is 0 Å². The fourth-order valence-electron chi connectivity index (χ4n) is 7.32. The first-order valence-corrected chi connectivity index (χ1v) is 27.5. The fourth-order valence-corrected chi connectivity index (χ4v) is 8.11. The van der Waals surface area contributed by atoms with E-state index >= 15 is 0 Å². The third-order valence-corrected chi connectivity index (χ3v) is 12.2. The molecule has 0 saturated heterocycles. The van der Waals surface area contributed by atoms with Crippen molar-refractivity contribution in [3.8, 4) is 0 Å². The van der Waals surface area contributed by atoms with Crippen LogP contribution in [0.3, 0.4) is 0 Å². The maximum atomic E-state index is 12.7. The van der Waals surface area contributed by atoms with Crippen LogP contribution in [0, 0.1) is 0 Å². The first-order valence-electron chi connectivity index (χ1n) is 26.0. The van der Waals surface area contributed by atoms with Crippen LogP contribution in [0.1, 0.15) is 245 Å². The molecule has 366 valence electrons. The summed E-state index contributed by atoms with van der Waals surface area (Å²) in [5.41, 5.74) is 0. The van der Waals surface area contributed by atoms with Crippen LogP contribution in [0.4, 0.5) is 0 Å². The molecular weight excluding hydrogens is 800 g/mol. The highest BCUT2D eigenvalue weighted by Gasteiger charge is 2.26. The van der Waals surface area contributed by atoms with Gasteiger partial charge in [-0.3, -0.25) is 13.8 Å². The van der Waals surface area contributed by atoms with Gasteiger partial charge in [0.05, 0.1) is 26.4 Å². The number of hydrogen-bond donors (Lipinski definition) is 3. The van der Waals surface area contributed by atoms with Crippen molar-refractivity contribution in [2.45, 2.75) is 257 Å². The maximum Gasteiger partial charge on any atom is 0.472 e. The third-order valence-electron chi connectivity index (χ3n) is 11.3. The van der Waals surface area contributed by atoms with Crippen molar-refractivity contribution in [3.63, 3.8) is 0 Å². The molecule has 0 aliphatic heterocycles. The van der Waals surface area contributed by atoms with Gasteiger partial charge in [0.2, 0.25) is 0 Å². The summed E-state index contributed by atoms with van der Waals surface area (Å²) < 4.78 is 33.5. The number of carbonyl (C=O) groups is 1. The summed E-state index contributed by atoms with van der Waals surface area (Å²) in [4.78, 5) is 22.7. The monoisotopic (exact) mass is 899 g/mol. The molecule has 0 bridgehead atoms. The average molecular weight is 899 g/mol. The number of phosphoric ester groups is 1. The molecular formula is C52H99O9P. The molecule has 0 aromatic heterocycles. The predicted octanol–water partition coefficient (Wildman–Crippen LogP) is 15.2. The number of carbonyl (C=O) groups excluding carboxylic acids is 1. The SMILES string of the molecule is CCCCCCC/C=C\C/C=C\CCCCCCCCCCCC(=O)OC(COCCCCCCCCCCCC/C=C\CCCCCCCC)COP(=O)(O)OCC(O)CO. The number of aliphatic hydroxyl groups excluding tert-OH is 2. The second-order valence-electron chi connectivity index (χ2n) is 17.5. The third kappa shape index (κ3) is 48.1. The van der Waals surface area contributed by atoms with Crippen molar-refractivity contribution in [2.75, 3.05) is 33.0 Å². The number of phosphoric acid groups is 1. The van der Waals surface area contributed by atoms with Crippen molar-refractivity contribution in [1.82, 2.24) is 0 Å². The summed E-state index contributed by atoms with van der Waals surface area (Å²) in [5.74, 6) is -0.384. The van der Waals surface area contributed by atoms with Crippen molar-refractivity contribution >= 4 is 13.8 Å². The van der Waals surface area contributed by atoms with Crippen LogP contribution in [0.25, 0.3) is 0 Å². The minimum absolute atomic E-state index is 0.0485. The molecule has 62 heavy (non-hydrogen) atoms. The lowest BCUT2D eigenvalue weighted by Crippen LogP contribution is -2.29. The van der Waals surface area contributed by atoms with Gasteiger partial charge in [-0.05, 0) is 70.6 Å². The Balaban J connectivity index is 4.07. The van der Waals surface area contributed by atoms with Crippen LogP contribution < -0.4 is 0 Å². The van der Waals surface area contributed by atoms with Crippen LogP contribution in [0.5, 0.6) is 0 Å². The number of allylic oxidation sites excluding steroid dienone is 6. The van der Waals surface area contributed by atoms with E-state index in [9.17, 15) is 19.4 Å². The number of aliphatic hydroxyl groups is 2. The van der Waals surface area contributed by atoms with E-state index < -0.39 is 33.2 Å². The zero-order chi connectivity index (χ0) is 45.3. The first kappa shape index (κ1) is 60.7. The van der Waals surface area contributed by atoms with E-state index in [4.69, 9.17) is 23.6 Å². The summed E-state index contributed by atoms with van der Waals surface area (Å²) in [6.07, 6.45) is 55.3. The molecule has 9 nitrogen and oxygen atoms in total. The summed E-state index contributed by atoms with van der Waals surface area (Å²) in [7, 11) is -4.52. The molecule has 0 aliphatic rings. The Labute approximate surface area is 382 Å². The molecule has 0 aliphatic carbocycles. The molecule has 0 amide bonds. The Bertz CT molecular complexity index is 1060. The standard InChI is InChI=1S/C52H99O9P/c1-3-5-7-9-11-13-15-17-19-21-23-25-26-28-30-32-34-36-38-40-42-44-52(55)61-51(49-60-62(56,57)59-47-50(54)46-53)48-58-45-43-41-39-37-35-33-31-29-27-24-22-20-18-16-14-12-10-8-6-4-2/h15,17-18,20-21,23,50-51,53-54H,3-14,16,19,22,24-49H2,1-2H3,(H,56,57)/b17-15-,20-18-,23-21-. The number of ether oxygens (including phenoxy) is 2. The van der Waals surface area contributed by atoms with Gasteiger partial charge in [0, 0.05) is 13.0 Å². The van der Waals surface area contributed by atoms with Gasteiger partial charge in [0.25, 0.3) is 0 Å². The maximum absolute atomic E-state index is 12.7. The van der Waals surface area contributed by atoms with E-state index in [0.717, 1.165) is 44.9 Å². The van der Waals surface area contributed by atoms with E-state index in [1.807, 2.05) is 0 Å². The van der Waals surface area contributed by atoms with Crippen LogP contribution in [0.15, 0.2) is 36.5 Å². The van der Waals surface area contributed by atoms with Crippen LogP contribution in [-0.2, 0) is 27.9 Å². The molecule has 0 radical (unpaired) electrons. The summed E-state index contributed by atoms with van der Waals surface area (Å²) >= 11 is 0. The lowest BCUT2D eigenvalue weighted by Gasteiger charge is -2.20. The molecule has 3 atom stereocenters. The van der Waals surface area contributed by atoms with Gasteiger partial charge in [-0.2, -0.15) is 0 Å². The Morgan fingerprint density at radius 1 is 0.500 bits per heavy atom. The Morgan fingerprint density at radius 2 is 0.871 bits per heavy atom. The van der Waals surface area contributed by atoms with Gasteiger partial charge in [0.15, 0.2) is 0 Å². The smallest absolute Gasteiger partial charge is 0.457 e. The second-order valence-corrected chi connectivity index (χ2v) is 19.0. The molecule has 0 aromatic rings. The zero-order valence-electron chi connectivity index (χ0n) is 40.3. The molecule has 0 rings (SSSR count). The molecule has 10 heteroatoms. The zero-order valence-corrected chi connectivity index (χ0v) is 41.2. The van der Waals surface area contributed by atoms with Gasteiger partial charge < -0.3 is 24.6 Å².